The van der Waals surface area contributed by atoms with E-state index in [-0.39, 0.29) is 10.3 Å². The van der Waals surface area contributed by atoms with Crippen LogP contribution in [0.1, 0.15) is 0 Å². The molecule has 0 aliphatic rings. The van der Waals surface area contributed by atoms with Crippen molar-refractivity contribution in [2.24, 2.45) is 0 Å². The van der Waals surface area contributed by atoms with Gasteiger partial charge in [-0.1, -0.05) is 11.6 Å². The van der Waals surface area contributed by atoms with Crippen LogP contribution in [0.5, 0.6) is 0 Å². The minimum atomic E-state index is -0.485. The lowest BCUT2D eigenvalue weighted by Gasteiger charge is -2.07. The van der Waals surface area contributed by atoms with Gasteiger partial charge in [0, 0.05) is 5.69 Å². The first-order chi connectivity index (χ1) is 9.13. The summed E-state index contributed by atoms with van der Waals surface area (Å²) in [5.41, 5.74) is 1.10. The van der Waals surface area contributed by atoms with E-state index in [2.05, 4.69) is 25.5 Å². The lowest BCUT2D eigenvalue weighted by molar-refractivity contribution is 0.628. The number of aromatic nitrogens is 4. The normalized spacial score (nSPS) is 10.9. The maximum absolute atomic E-state index is 13.1. The largest absolute Gasteiger partial charge is 0.339 e. The molecule has 0 radical (unpaired) electrons. The molecule has 0 atom stereocenters. The molecule has 0 spiro atoms. The molecule has 5 nitrogen and oxygen atoms in total. The second kappa shape index (κ2) is 4.64. The fourth-order valence-corrected chi connectivity index (χ4v) is 1.96. The second-order valence-corrected chi connectivity index (χ2v) is 4.47. The zero-order valence-corrected chi connectivity index (χ0v) is 10.8. The third-order valence-electron chi connectivity index (χ3n) is 2.46. The van der Waals surface area contributed by atoms with Gasteiger partial charge in [0.25, 0.3) is 0 Å². The van der Waals surface area contributed by atoms with E-state index in [0.717, 1.165) is 0 Å². The molecule has 0 fully saturated rings. The molecular formula is C11H6Cl2FN5. The van der Waals surface area contributed by atoms with Crippen molar-refractivity contribution < 1.29 is 4.39 Å². The zero-order chi connectivity index (χ0) is 13.4. The van der Waals surface area contributed by atoms with Gasteiger partial charge < -0.3 is 5.32 Å². The van der Waals surface area contributed by atoms with Gasteiger partial charge in [-0.2, -0.15) is 15.1 Å². The summed E-state index contributed by atoms with van der Waals surface area (Å²) in [6.45, 7) is 0. The Labute approximate surface area is 116 Å². The molecule has 3 aromatic rings. The highest BCUT2D eigenvalue weighted by molar-refractivity contribution is 6.31. The Morgan fingerprint density at radius 2 is 2.05 bits per heavy atom. The molecule has 2 N–H and O–H groups in total. The van der Waals surface area contributed by atoms with E-state index in [0.29, 0.717) is 22.5 Å². The van der Waals surface area contributed by atoms with Crippen molar-refractivity contribution in [2.45, 2.75) is 0 Å². The van der Waals surface area contributed by atoms with Crippen LogP contribution in [0.15, 0.2) is 24.4 Å². The molecule has 0 aliphatic heterocycles. The average molecular weight is 298 g/mol. The van der Waals surface area contributed by atoms with Crippen LogP contribution >= 0.6 is 23.2 Å². The predicted octanol–water partition coefficient (Wildman–Crippen LogP) is 3.54. The molecular weight excluding hydrogens is 292 g/mol. The van der Waals surface area contributed by atoms with Crippen LogP contribution in [-0.2, 0) is 0 Å². The zero-order valence-electron chi connectivity index (χ0n) is 9.28. The van der Waals surface area contributed by atoms with Crippen molar-refractivity contribution in [3.8, 4) is 0 Å². The van der Waals surface area contributed by atoms with Gasteiger partial charge in [0.2, 0.25) is 5.28 Å². The van der Waals surface area contributed by atoms with Crippen LogP contribution in [0.2, 0.25) is 10.3 Å². The molecule has 19 heavy (non-hydrogen) atoms. The maximum atomic E-state index is 13.1. The molecule has 2 heterocycles. The highest BCUT2D eigenvalue weighted by Crippen LogP contribution is 2.26. The van der Waals surface area contributed by atoms with E-state index in [1.807, 2.05) is 0 Å². The molecule has 8 heteroatoms. The number of H-pyrrole nitrogens is 1. The maximum Gasteiger partial charge on any atom is 0.226 e. The van der Waals surface area contributed by atoms with Crippen molar-refractivity contribution in [1.29, 1.82) is 0 Å². The first-order valence-corrected chi connectivity index (χ1v) is 5.98. The van der Waals surface area contributed by atoms with E-state index in [1.54, 1.807) is 12.3 Å². The summed E-state index contributed by atoms with van der Waals surface area (Å²) in [6.07, 6.45) is 1.57. The van der Waals surface area contributed by atoms with E-state index < -0.39 is 5.82 Å². The molecule has 3 rings (SSSR count). The smallest absolute Gasteiger partial charge is 0.226 e. The Kier molecular flexibility index (Phi) is 2.96. The standard InChI is InChI=1S/C11H6Cl2FN5/c12-7-3-5(1-2-8(7)14)16-9-6-4-15-19-10(6)18-11(13)17-9/h1-4H,(H2,15,16,17,18,19). The first kappa shape index (κ1) is 12.1. The van der Waals surface area contributed by atoms with Crippen LogP contribution in [0.4, 0.5) is 15.9 Å². The molecule has 0 aliphatic carbocycles. The second-order valence-electron chi connectivity index (χ2n) is 3.73. The Morgan fingerprint density at radius 3 is 2.84 bits per heavy atom. The van der Waals surface area contributed by atoms with Crippen LogP contribution < -0.4 is 5.32 Å². The van der Waals surface area contributed by atoms with Gasteiger partial charge in [0.1, 0.15) is 11.6 Å². The summed E-state index contributed by atoms with van der Waals surface area (Å²) >= 11 is 11.5. The molecule has 2 aromatic heterocycles. The minimum Gasteiger partial charge on any atom is -0.339 e. The third kappa shape index (κ3) is 2.32. The van der Waals surface area contributed by atoms with E-state index in [9.17, 15) is 4.39 Å². The number of halogens is 3. The fraction of sp³-hybridized carbons (Fsp3) is 0. The van der Waals surface area contributed by atoms with Gasteiger partial charge >= 0.3 is 0 Å². The van der Waals surface area contributed by atoms with Gasteiger partial charge in [-0.3, -0.25) is 5.10 Å². The summed E-state index contributed by atoms with van der Waals surface area (Å²) < 4.78 is 13.1. The number of nitrogens with one attached hydrogen (secondary N) is 2. The fourth-order valence-electron chi connectivity index (χ4n) is 1.61. The van der Waals surface area contributed by atoms with Crippen LogP contribution in [-0.4, -0.2) is 20.2 Å². The van der Waals surface area contributed by atoms with E-state index in [1.165, 1.54) is 12.1 Å². The monoisotopic (exact) mass is 297 g/mol. The number of rotatable bonds is 2. The predicted molar refractivity (Wildman–Crippen MR) is 71.4 cm³/mol. The topological polar surface area (TPSA) is 66.5 Å². The van der Waals surface area contributed by atoms with Gasteiger partial charge in [0.15, 0.2) is 5.65 Å². The van der Waals surface area contributed by atoms with Crippen LogP contribution in [0.25, 0.3) is 11.0 Å². The molecule has 0 unspecified atom stereocenters. The number of hydrogen-bond donors (Lipinski definition) is 2. The average Bonchev–Trinajstić information content (AvgIpc) is 2.82. The minimum absolute atomic E-state index is 0.0218. The quantitative estimate of drug-likeness (QED) is 0.710. The lowest BCUT2D eigenvalue weighted by atomic mass is 10.3. The molecule has 0 amide bonds. The summed E-state index contributed by atoms with van der Waals surface area (Å²) in [5, 5.41) is 10.3. The number of aromatic amines is 1. The molecule has 0 bridgehead atoms. The number of fused-ring (bicyclic) bond motifs is 1. The number of anilines is 2. The number of hydrogen-bond acceptors (Lipinski definition) is 4. The van der Waals surface area contributed by atoms with Gasteiger partial charge in [-0.15, -0.1) is 0 Å². The Morgan fingerprint density at radius 1 is 1.21 bits per heavy atom. The number of nitrogens with zero attached hydrogens (tertiary/aromatic N) is 3. The van der Waals surface area contributed by atoms with Crippen molar-refractivity contribution in [3.63, 3.8) is 0 Å². The Bertz CT molecular complexity index is 758. The molecule has 1 aromatic carbocycles. The first-order valence-electron chi connectivity index (χ1n) is 5.22. The van der Waals surface area contributed by atoms with Crippen molar-refractivity contribution >= 4 is 45.7 Å². The van der Waals surface area contributed by atoms with Crippen molar-refractivity contribution in [2.75, 3.05) is 5.32 Å². The van der Waals surface area contributed by atoms with Crippen LogP contribution in [0, 0.1) is 5.82 Å². The molecule has 96 valence electrons. The third-order valence-corrected chi connectivity index (χ3v) is 2.92. The van der Waals surface area contributed by atoms with Crippen LogP contribution in [0.3, 0.4) is 0 Å². The molecule has 0 saturated carbocycles. The van der Waals surface area contributed by atoms with E-state index in [4.69, 9.17) is 23.2 Å². The lowest BCUT2D eigenvalue weighted by Crippen LogP contribution is -1.96. The van der Waals surface area contributed by atoms with E-state index >= 15 is 0 Å². The summed E-state index contributed by atoms with van der Waals surface area (Å²) in [5.74, 6) is -0.0205. The van der Waals surface area contributed by atoms with Gasteiger partial charge in [0.05, 0.1) is 16.6 Å². The highest BCUT2D eigenvalue weighted by atomic mass is 35.5. The highest BCUT2D eigenvalue weighted by Gasteiger charge is 2.09. The number of benzene rings is 1. The Hall–Kier alpha value is -1.92. The molecule has 0 saturated heterocycles. The summed E-state index contributed by atoms with van der Waals surface area (Å²) in [7, 11) is 0. The van der Waals surface area contributed by atoms with Crippen molar-refractivity contribution in [1.82, 2.24) is 20.2 Å². The van der Waals surface area contributed by atoms with Gasteiger partial charge in [-0.05, 0) is 29.8 Å². The summed E-state index contributed by atoms with van der Waals surface area (Å²) in [4.78, 5) is 8.05. The Balaban J connectivity index is 2.04. The van der Waals surface area contributed by atoms with Gasteiger partial charge in [-0.25, -0.2) is 4.39 Å². The van der Waals surface area contributed by atoms with Crippen molar-refractivity contribution in [3.05, 3.63) is 40.5 Å². The summed E-state index contributed by atoms with van der Waals surface area (Å²) in [6, 6.07) is 4.27. The SMILES string of the molecule is Fc1ccc(Nc2nc(Cl)nc3[nH]ncc23)cc1Cl.